The summed E-state index contributed by atoms with van der Waals surface area (Å²) in [6, 6.07) is 3.90. The number of hydrogen-bond acceptors (Lipinski definition) is 3. The van der Waals surface area contributed by atoms with Crippen LogP contribution in [-0.2, 0) is 11.2 Å². The molecule has 1 aromatic carbocycles. The Morgan fingerprint density at radius 1 is 1.24 bits per heavy atom. The van der Waals surface area contributed by atoms with Gasteiger partial charge in [0.05, 0.1) is 12.7 Å². The molecule has 0 amide bonds. The van der Waals surface area contributed by atoms with E-state index in [9.17, 15) is 4.79 Å². The lowest BCUT2D eigenvalue weighted by Gasteiger charge is -2.11. The van der Waals surface area contributed by atoms with Crippen LogP contribution >= 0.6 is 0 Å². The highest BCUT2D eigenvalue weighted by Crippen LogP contribution is 2.24. The molecule has 1 aromatic rings. The number of nitrogens with two attached hydrogens (primary N) is 1. The SMILES string of the molecule is CCC/C=C/c1cc(CCCCC)c(N)c(C(=O)OC)c1. The first kappa shape index (κ1) is 17.3. The van der Waals surface area contributed by atoms with Crippen molar-refractivity contribution < 1.29 is 9.53 Å². The Balaban J connectivity index is 3.08. The summed E-state index contributed by atoms with van der Waals surface area (Å²) in [6.45, 7) is 4.32. The molecule has 2 N–H and O–H groups in total. The number of hydrogen-bond donors (Lipinski definition) is 1. The Morgan fingerprint density at radius 2 is 2.00 bits per heavy atom. The molecule has 0 aliphatic heterocycles. The number of rotatable bonds is 8. The number of aryl methyl sites for hydroxylation is 1. The minimum atomic E-state index is -0.366. The Hall–Kier alpha value is -1.77. The molecule has 0 unspecified atom stereocenters. The van der Waals surface area contributed by atoms with Crippen LogP contribution in [0.25, 0.3) is 6.08 Å². The van der Waals surface area contributed by atoms with Crippen LogP contribution in [0.3, 0.4) is 0 Å². The van der Waals surface area contributed by atoms with Gasteiger partial charge in [-0.25, -0.2) is 4.79 Å². The molecular formula is C18H27NO2. The number of unbranched alkanes of at least 4 members (excludes halogenated alkanes) is 3. The molecule has 0 aliphatic rings. The lowest BCUT2D eigenvalue weighted by atomic mass is 9.98. The number of carbonyl (C=O) groups is 1. The summed E-state index contributed by atoms with van der Waals surface area (Å²) in [6.07, 6.45) is 10.6. The molecule has 0 aromatic heterocycles. The fourth-order valence-electron chi connectivity index (χ4n) is 2.27. The van der Waals surface area contributed by atoms with Crippen LogP contribution in [-0.4, -0.2) is 13.1 Å². The van der Waals surface area contributed by atoms with Crippen LogP contribution in [0.1, 0.15) is 67.4 Å². The predicted molar refractivity (Wildman–Crippen MR) is 89.4 cm³/mol. The zero-order chi connectivity index (χ0) is 15.7. The van der Waals surface area contributed by atoms with Gasteiger partial charge in [0.1, 0.15) is 0 Å². The maximum atomic E-state index is 11.9. The Morgan fingerprint density at radius 3 is 2.62 bits per heavy atom. The van der Waals surface area contributed by atoms with E-state index in [1.54, 1.807) is 0 Å². The molecule has 0 radical (unpaired) electrons. The number of nitrogen functional groups attached to an aromatic ring is 1. The summed E-state index contributed by atoms with van der Waals surface area (Å²) in [5.74, 6) is -0.366. The van der Waals surface area contributed by atoms with E-state index in [4.69, 9.17) is 10.5 Å². The number of benzene rings is 1. The van der Waals surface area contributed by atoms with Crippen molar-refractivity contribution in [3.05, 3.63) is 34.9 Å². The standard InChI is InChI=1S/C18H27NO2/c1-4-6-8-10-14-12-15(11-9-7-5-2)17(19)16(13-14)18(20)21-3/h8,10,12-13H,4-7,9,11,19H2,1-3H3/b10-8+. The van der Waals surface area contributed by atoms with Crippen molar-refractivity contribution in [2.24, 2.45) is 0 Å². The molecular weight excluding hydrogens is 262 g/mol. The molecule has 1 rings (SSSR count). The predicted octanol–water partition coefficient (Wildman–Crippen LogP) is 4.60. The molecule has 0 bridgehead atoms. The zero-order valence-electron chi connectivity index (χ0n) is 13.4. The summed E-state index contributed by atoms with van der Waals surface area (Å²) < 4.78 is 4.84. The van der Waals surface area contributed by atoms with E-state index in [-0.39, 0.29) is 5.97 Å². The van der Waals surface area contributed by atoms with E-state index < -0.39 is 0 Å². The molecule has 3 nitrogen and oxygen atoms in total. The number of methoxy groups -OCH3 is 1. The summed E-state index contributed by atoms with van der Waals surface area (Å²) in [4.78, 5) is 11.9. The summed E-state index contributed by atoms with van der Waals surface area (Å²) in [7, 11) is 1.39. The van der Waals surface area contributed by atoms with E-state index in [1.807, 2.05) is 6.07 Å². The number of esters is 1. The van der Waals surface area contributed by atoms with Gasteiger partial charge in [0.15, 0.2) is 0 Å². The molecule has 0 aliphatic carbocycles. The van der Waals surface area contributed by atoms with Gasteiger partial charge in [0.25, 0.3) is 0 Å². The third-order valence-electron chi connectivity index (χ3n) is 3.51. The van der Waals surface area contributed by atoms with Crippen molar-refractivity contribution in [2.45, 2.75) is 52.4 Å². The molecule has 0 atom stereocenters. The number of anilines is 1. The number of allylic oxidation sites excluding steroid dienone is 1. The second-order valence-corrected chi connectivity index (χ2v) is 5.28. The number of carbonyl (C=O) groups excluding carboxylic acids is 1. The van der Waals surface area contributed by atoms with Gasteiger partial charge in [-0.2, -0.15) is 0 Å². The Kier molecular flexibility index (Phi) is 7.59. The first-order valence-corrected chi connectivity index (χ1v) is 7.81. The highest BCUT2D eigenvalue weighted by molar-refractivity contribution is 5.96. The highest BCUT2D eigenvalue weighted by atomic mass is 16.5. The van der Waals surface area contributed by atoms with Crippen LogP contribution in [0.4, 0.5) is 5.69 Å². The maximum absolute atomic E-state index is 11.9. The van der Waals surface area contributed by atoms with Crippen molar-refractivity contribution >= 4 is 17.7 Å². The fourth-order valence-corrected chi connectivity index (χ4v) is 2.27. The third-order valence-corrected chi connectivity index (χ3v) is 3.51. The van der Waals surface area contributed by atoms with Gasteiger partial charge in [0.2, 0.25) is 0 Å². The van der Waals surface area contributed by atoms with Crippen LogP contribution < -0.4 is 5.73 Å². The van der Waals surface area contributed by atoms with Gasteiger partial charge < -0.3 is 10.5 Å². The second-order valence-electron chi connectivity index (χ2n) is 5.28. The molecule has 116 valence electrons. The van der Waals surface area contributed by atoms with Crippen LogP contribution in [0.5, 0.6) is 0 Å². The first-order chi connectivity index (χ1) is 10.1. The highest BCUT2D eigenvalue weighted by Gasteiger charge is 2.14. The topological polar surface area (TPSA) is 52.3 Å². The van der Waals surface area contributed by atoms with Gasteiger partial charge in [-0.3, -0.25) is 0 Å². The smallest absolute Gasteiger partial charge is 0.339 e. The molecule has 3 heteroatoms. The molecule has 0 saturated carbocycles. The van der Waals surface area contributed by atoms with Gasteiger partial charge >= 0.3 is 5.97 Å². The number of ether oxygens (including phenoxy) is 1. The van der Waals surface area contributed by atoms with Crippen LogP contribution in [0.15, 0.2) is 18.2 Å². The van der Waals surface area contributed by atoms with Crippen molar-refractivity contribution in [1.82, 2.24) is 0 Å². The van der Waals surface area contributed by atoms with E-state index in [0.717, 1.165) is 36.8 Å². The zero-order valence-corrected chi connectivity index (χ0v) is 13.4. The largest absolute Gasteiger partial charge is 0.465 e. The van der Waals surface area contributed by atoms with Crippen molar-refractivity contribution in [2.75, 3.05) is 12.8 Å². The quantitative estimate of drug-likeness (QED) is 0.432. The van der Waals surface area contributed by atoms with E-state index >= 15 is 0 Å². The summed E-state index contributed by atoms with van der Waals surface area (Å²) in [5.41, 5.74) is 9.24. The normalized spacial score (nSPS) is 11.0. The van der Waals surface area contributed by atoms with Crippen LogP contribution in [0.2, 0.25) is 0 Å². The summed E-state index contributed by atoms with van der Waals surface area (Å²) >= 11 is 0. The fraction of sp³-hybridized carbons (Fsp3) is 0.500. The molecule has 0 spiro atoms. The lowest BCUT2D eigenvalue weighted by molar-refractivity contribution is 0.0602. The Labute approximate surface area is 128 Å². The average Bonchev–Trinajstić information content (AvgIpc) is 2.49. The maximum Gasteiger partial charge on any atom is 0.339 e. The van der Waals surface area contributed by atoms with Crippen molar-refractivity contribution in [1.29, 1.82) is 0 Å². The van der Waals surface area contributed by atoms with Crippen molar-refractivity contribution in [3.63, 3.8) is 0 Å². The van der Waals surface area contributed by atoms with Gasteiger partial charge in [0, 0.05) is 5.69 Å². The lowest BCUT2D eigenvalue weighted by Crippen LogP contribution is -2.09. The third kappa shape index (κ3) is 5.25. The second kappa shape index (κ2) is 9.22. The minimum absolute atomic E-state index is 0.366. The van der Waals surface area contributed by atoms with E-state index in [1.165, 1.54) is 20.0 Å². The molecule has 0 heterocycles. The monoisotopic (exact) mass is 289 g/mol. The molecule has 21 heavy (non-hydrogen) atoms. The first-order valence-electron chi connectivity index (χ1n) is 7.81. The van der Waals surface area contributed by atoms with Gasteiger partial charge in [-0.15, -0.1) is 0 Å². The average molecular weight is 289 g/mol. The molecule has 0 fully saturated rings. The van der Waals surface area contributed by atoms with Gasteiger partial charge in [-0.05, 0) is 42.5 Å². The Bertz CT molecular complexity index is 492. The van der Waals surface area contributed by atoms with E-state index in [0.29, 0.717) is 11.3 Å². The van der Waals surface area contributed by atoms with Crippen molar-refractivity contribution in [3.8, 4) is 0 Å². The minimum Gasteiger partial charge on any atom is -0.465 e. The molecule has 0 saturated heterocycles. The van der Waals surface area contributed by atoms with Gasteiger partial charge in [-0.1, -0.05) is 45.3 Å². The van der Waals surface area contributed by atoms with Crippen LogP contribution in [0, 0.1) is 0 Å². The van der Waals surface area contributed by atoms with E-state index in [2.05, 4.69) is 32.1 Å². The summed E-state index contributed by atoms with van der Waals surface area (Å²) in [5, 5.41) is 0.